The molecule has 0 heterocycles. The average Bonchev–Trinajstić information content (AvgIpc) is 3.33. The summed E-state index contributed by atoms with van der Waals surface area (Å²) in [6, 6.07) is 6.55. The van der Waals surface area contributed by atoms with Gasteiger partial charge in [-0.05, 0) is 84.8 Å². The standard InChI is InChI=1S/C28H42N2O7S/c1-5-36-24(31)20-13-15-21(16-14-20)29-26(33)28(17-9-10-18-28)19-23(25(32)37-27(2,3)4)30-38(34,35)22-11-7-6-8-12-22/h6-8,11-12,20-21,23,30H,5,9-10,13-19H2,1-4H3,(H,29,33). The fourth-order valence-corrected chi connectivity index (χ4v) is 6.65. The summed E-state index contributed by atoms with van der Waals surface area (Å²) in [4.78, 5) is 39.1. The van der Waals surface area contributed by atoms with Crippen LogP contribution in [0, 0.1) is 11.3 Å². The van der Waals surface area contributed by atoms with Gasteiger partial charge in [-0.1, -0.05) is 31.0 Å². The third-order valence-electron chi connectivity index (χ3n) is 7.36. The lowest BCUT2D eigenvalue weighted by Crippen LogP contribution is -2.52. The Labute approximate surface area is 226 Å². The molecule has 9 nitrogen and oxygen atoms in total. The zero-order valence-electron chi connectivity index (χ0n) is 23.0. The van der Waals surface area contributed by atoms with Crippen molar-refractivity contribution in [3.05, 3.63) is 30.3 Å². The number of amides is 1. The maximum Gasteiger partial charge on any atom is 0.324 e. The molecule has 0 saturated heterocycles. The molecule has 1 atom stereocenters. The Morgan fingerprint density at radius 3 is 2.18 bits per heavy atom. The minimum atomic E-state index is -4.03. The van der Waals surface area contributed by atoms with Gasteiger partial charge in [-0.2, -0.15) is 4.72 Å². The molecule has 2 aliphatic rings. The molecule has 0 spiro atoms. The topological polar surface area (TPSA) is 128 Å². The summed E-state index contributed by atoms with van der Waals surface area (Å²) < 4.78 is 39.6. The van der Waals surface area contributed by atoms with Gasteiger partial charge in [0.15, 0.2) is 0 Å². The number of esters is 2. The molecule has 0 aliphatic heterocycles. The van der Waals surface area contributed by atoms with Crippen LogP contribution in [0.5, 0.6) is 0 Å². The van der Waals surface area contributed by atoms with Gasteiger partial charge in [0.25, 0.3) is 0 Å². The summed E-state index contributed by atoms with van der Waals surface area (Å²) in [5, 5.41) is 3.16. The Bertz CT molecular complexity index is 1070. The van der Waals surface area contributed by atoms with Gasteiger partial charge in [0.1, 0.15) is 11.6 Å². The second-order valence-electron chi connectivity index (χ2n) is 11.5. The quantitative estimate of drug-likeness (QED) is 0.423. The van der Waals surface area contributed by atoms with Crippen LogP contribution < -0.4 is 10.0 Å². The van der Waals surface area contributed by atoms with E-state index in [-0.39, 0.29) is 35.2 Å². The minimum absolute atomic E-state index is 0.0119. The van der Waals surface area contributed by atoms with Crippen molar-refractivity contribution < 1.29 is 32.3 Å². The van der Waals surface area contributed by atoms with E-state index < -0.39 is 33.1 Å². The zero-order valence-corrected chi connectivity index (χ0v) is 23.8. The van der Waals surface area contributed by atoms with Crippen LogP contribution in [0.2, 0.25) is 0 Å². The molecule has 1 aromatic carbocycles. The fourth-order valence-electron chi connectivity index (χ4n) is 5.44. The molecule has 1 unspecified atom stereocenters. The van der Waals surface area contributed by atoms with Gasteiger partial charge in [0.2, 0.25) is 15.9 Å². The van der Waals surface area contributed by atoms with E-state index in [1.807, 2.05) is 0 Å². The van der Waals surface area contributed by atoms with Crippen molar-refractivity contribution in [2.75, 3.05) is 6.61 Å². The molecule has 0 aromatic heterocycles. The third-order valence-corrected chi connectivity index (χ3v) is 8.85. The van der Waals surface area contributed by atoms with Crippen LogP contribution in [0.3, 0.4) is 0 Å². The number of carbonyl (C=O) groups is 3. The predicted octanol–water partition coefficient (Wildman–Crippen LogP) is 3.86. The van der Waals surface area contributed by atoms with E-state index in [9.17, 15) is 22.8 Å². The molecule has 0 bridgehead atoms. The second kappa shape index (κ2) is 12.6. The number of ether oxygens (including phenoxy) is 2. The van der Waals surface area contributed by atoms with Crippen LogP contribution in [0.1, 0.15) is 85.5 Å². The van der Waals surface area contributed by atoms with Gasteiger partial charge in [-0.25, -0.2) is 8.42 Å². The number of benzene rings is 1. The SMILES string of the molecule is CCOC(=O)C1CCC(NC(=O)C2(CC(NS(=O)(=O)c3ccccc3)C(=O)OC(C)(C)C)CCCC2)CC1. The monoisotopic (exact) mass is 550 g/mol. The normalized spacial score (nSPS) is 22.3. The van der Waals surface area contributed by atoms with E-state index in [1.165, 1.54) is 12.1 Å². The van der Waals surface area contributed by atoms with Crippen LogP contribution in [0.25, 0.3) is 0 Å². The zero-order chi connectivity index (χ0) is 28.0. The van der Waals surface area contributed by atoms with E-state index in [2.05, 4.69) is 10.0 Å². The molecular weight excluding hydrogens is 508 g/mol. The first-order chi connectivity index (χ1) is 17.8. The predicted molar refractivity (Wildman–Crippen MR) is 142 cm³/mol. The summed E-state index contributed by atoms with van der Waals surface area (Å²) in [7, 11) is -4.03. The smallest absolute Gasteiger partial charge is 0.324 e. The van der Waals surface area contributed by atoms with Gasteiger partial charge in [-0.15, -0.1) is 0 Å². The highest BCUT2D eigenvalue weighted by Gasteiger charge is 2.46. The number of hydrogen-bond donors (Lipinski definition) is 2. The van der Waals surface area contributed by atoms with Crippen molar-refractivity contribution in [1.29, 1.82) is 0 Å². The first kappa shape index (κ1) is 30.1. The number of rotatable bonds is 10. The maximum absolute atomic E-state index is 13.7. The molecule has 0 radical (unpaired) electrons. The largest absolute Gasteiger partial charge is 0.466 e. The molecule has 2 fully saturated rings. The summed E-state index contributed by atoms with van der Waals surface area (Å²) in [5.74, 6) is -1.20. The van der Waals surface area contributed by atoms with Crippen molar-refractivity contribution in [2.24, 2.45) is 11.3 Å². The van der Waals surface area contributed by atoms with Crippen LogP contribution in [-0.4, -0.2) is 50.6 Å². The number of carbonyl (C=O) groups excluding carboxylic acids is 3. The van der Waals surface area contributed by atoms with Crippen molar-refractivity contribution in [1.82, 2.24) is 10.0 Å². The summed E-state index contributed by atoms with van der Waals surface area (Å²) >= 11 is 0. The lowest BCUT2D eigenvalue weighted by atomic mass is 9.78. The first-order valence-corrected chi connectivity index (χ1v) is 15.1. The van der Waals surface area contributed by atoms with Gasteiger partial charge in [0, 0.05) is 6.04 Å². The number of sulfonamides is 1. The highest BCUT2D eigenvalue weighted by Crippen LogP contribution is 2.43. The van der Waals surface area contributed by atoms with E-state index in [1.54, 1.807) is 45.9 Å². The lowest BCUT2D eigenvalue weighted by Gasteiger charge is -2.35. The van der Waals surface area contributed by atoms with E-state index in [4.69, 9.17) is 9.47 Å². The molecule has 2 aliphatic carbocycles. The minimum Gasteiger partial charge on any atom is -0.466 e. The molecule has 38 heavy (non-hydrogen) atoms. The van der Waals surface area contributed by atoms with Gasteiger partial charge in [-0.3, -0.25) is 14.4 Å². The molecule has 3 rings (SSSR count). The highest BCUT2D eigenvalue weighted by molar-refractivity contribution is 7.89. The van der Waals surface area contributed by atoms with Gasteiger partial charge < -0.3 is 14.8 Å². The average molecular weight is 551 g/mol. The third kappa shape index (κ3) is 8.02. The van der Waals surface area contributed by atoms with Crippen LogP contribution in [0.15, 0.2) is 35.2 Å². The summed E-state index contributed by atoms with van der Waals surface area (Å²) in [6.45, 7) is 7.30. The molecule has 1 aromatic rings. The van der Waals surface area contributed by atoms with Crippen LogP contribution >= 0.6 is 0 Å². The second-order valence-corrected chi connectivity index (χ2v) is 13.2. The Morgan fingerprint density at radius 1 is 1.03 bits per heavy atom. The van der Waals surface area contributed by atoms with Crippen molar-refractivity contribution in [3.8, 4) is 0 Å². The molecule has 212 valence electrons. The highest BCUT2D eigenvalue weighted by atomic mass is 32.2. The lowest BCUT2D eigenvalue weighted by molar-refractivity contribution is -0.158. The van der Waals surface area contributed by atoms with E-state index in [0.29, 0.717) is 45.1 Å². The van der Waals surface area contributed by atoms with Crippen molar-refractivity contribution >= 4 is 27.9 Å². The Hall–Kier alpha value is -2.46. The molecule has 2 N–H and O–H groups in total. The van der Waals surface area contributed by atoms with Gasteiger partial charge in [0.05, 0.1) is 22.8 Å². The van der Waals surface area contributed by atoms with Crippen LogP contribution in [0.4, 0.5) is 0 Å². The molecule has 1 amide bonds. The van der Waals surface area contributed by atoms with E-state index in [0.717, 1.165) is 12.8 Å². The fraction of sp³-hybridized carbons (Fsp3) is 0.679. The molecular formula is C28H42N2O7S. The Balaban J connectivity index is 1.76. The molecule has 2 saturated carbocycles. The number of nitrogens with one attached hydrogen (secondary N) is 2. The Kier molecular flexibility index (Phi) is 9.97. The van der Waals surface area contributed by atoms with E-state index >= 15 is 0 Å². The number of hydrogen-bond acceptors (Lipinski definition) is 7. The van der Waals surface area contributed by atoms with Crippen LogP contribution in [-0.2, 0) is 33.9 Å². The van der Waals surface area contributed by atoms with Crippen molar-refractivity contribution in [3.63, 3.8) is 0 Å². The maximum atomic E-state index is 13.7. The first-order valence-electron chi connectivity index (χ1n) is 13.6. The van der Waals surface area contributed by atoms with Crippen molar-refractivity contribution in [2.45, 2.75) is 108 Å². The summed E-state index contributed by atoms with van der Waals surface area (Å²) in [5.41, 5.74) is -1.71. The Morgan fingerprint density at radius 2 is 1.63 bits per heavy atom. The molecule has 10 heteroatoms. The summed E-state index contributed by atoms with van der Waals surface area (Å²) in [6.07, 6.45) is 5.39. The van der Waals surface area contributed by atoms with Gasteiger partial charge >= 0.3 is 11.9 Å².